The highest BCUT2D eigenvalue weighted by atomic mass is 32.1. The van der Waals surface area contributed by atoms with Crippen LogP contribution >= 0.6 is 12.2 Å². The molecule has 0 aliphatic carbocycles. The van der Waals surface area contributed by atoms with Crippen molar-refractivity contribution in [2.75, 3.05) is 46.5 Å². The van der Waals surface area contributed by atoms with Crippen LogP contribution in [0.25, 0.3) is 0 Å². The molecule has 8 nitrogen and oxygen atoms in total. The van der Waals surface area contributed by atoms with Crippen molar-refractivity contribution in [2.45, 2.75) is 6.92 Å². The molecule has 0 aliphatic rings. The van der Waals surface area contributed by atoms with Gasteiger partial charge in [-0.05, 0) is 43.4 Å². The summed E-state index contributed by atoms with van der Waals surface area (Å²) in [6, 6.07) is 10.4. The Morgan fingerprint density at radius 1 is 0.967 bits per heavy atom. The Morgan fingerprint density at radius 2 is 1.63 bits per heavy atom. The zero-order chi connectivity index (χ0) is 21.9. The van der Waals surface area contributed by atoms with E-state index in [2.05, 4.69) is 10.6 Å². The number of anilines is 1. The van der Waals surface area contributed by atoms with Crippen LogP contribution in [0.4, 0.5) is 5.69 Å². The zero-order valence-electron chi connectivity index (χ0n) is 17.4. The van der Waals surface area contributed by atoms with Gasteiger partial charge in [-0.2, -0.15) is 0 Å². The number of nitrogens with one attached hydrogen (secondary N) is 2. The average molecular weight is 435 g/mol. The molecule has 2 aromatic rings. The van der Waals surface area contributed by atoms with Gasteiger partial charge in [-0.3, -0.25) is 10.1 Å². The number of methoxy groups -OCH3 is 3. The molecule has 30 heavy (non-hydrogen) atoms. The zero-order valence-corrected chi connectivity index (χ0v) is 18.3. The molecule has 0 radical (unpaired) electrons. The molecule has 0 aliphatic heterocycles. The second kappa shape index (κ2) is 11.8. The monoisotopic (exact) mass is 434 g/mol. The van der Waals surface area contributed by atoms with E-state index in [1.54, 1.807) is 24.3 Å². The lowest BCUT2D eigenvalue weighted by Crippen LogP contribution is -2.34. The Balaban J connectivity index is 2.08. The molecule has 0 heterocycles. The summed E-state index contributed by atoms with van der Waals surface area (Å²) >= 11 is 5.29. The van der Waals surface area contributed by atoms with Crippen LogP contribution in [0.2, 0.25) is 0 Å². The highest BCUT2D eigenvalue weighted by Gasteiger charge is 2.18. The van der Waals surface area contributed by atoms with Gasteiger partial charge in [-0.1, -0.05) is 12.1 Å². The minimum absolute atomic E-state index is 0.120. The molecule has 0 spiro atoms. The van der Waals surface area contributed by atoms with E-state index in [-0.39, 0.29) is 5.11 Å². The van der Waals surface area contributed by atoms with Gasteiger partial charge in [0.15, 0.2) is 16.6 Å². The highest BCUT2D eigenvalue weighted by molar-refractivity contribution is 7.80. The van der Waals surface area contributed by atoms with Gasteiger partial charge >= 0.3 is 0 Å². The maximum absolute atomic E-state index is 12.7. The molecular weight excluding hydrogens is 408 g/mol. The fourth-order valence-electron chi connectivity index (χ4n) is 2.59. The molecule has 0 fully saturated rings. The van der Waals surface area contributed by atoms with Gasteiger partial charge in [-0.25, -0.2) is 0 Å². The third-order valence-electron chi connectivity index (χ3n) is 3.98. The first kappa shape index (κ1) is 23.2. The number of amides is 1. The molecule has 0 bridgehead atoms. The number of thiocarbonyl (C=S) groups is 1. The Labute approximate surface area is 181 Å². The van der Waals surface area contributed by atoms with Crippen molar-refractivity contribution < 1.29 is 28.5 Å². The SMILES string of the molecule is CCOCCOc1ccccc1NC(=S)NC(=O)c1cc(OC)c(OC)c(OC)c1. The standard InChI is InChI=1S/C21H26N2O6S/c1-5-28-10-11-29-16-9-7-6-8-15(16)22-21(30)23-20(24)14-12-17(25-2)19(27-4)18(13-14)26-3/h6-9,12-13H,5,10-11H2,1-4H3,(H2,22,23,24,30). The van der Waals surface area contributed by atoms with E-state index in [1.807, 2.05) is 19.1 Å². The number of rotatable bonds is 10. The van der Waals surface area contributed by atoms with Crippen LogP contribution in [0.5, 0.6) is 23.0 Å². The van der Waals surface area contributed by atoms with E-state index in [4.69, 9.17) is 35.9 Å². The van der Waals surface area contributed by atoms with Crippen LogP contribution in [-0.2, 0) is 4.74 Å². The van der Waals surface area contributed by atoms with Gasteiger partial charge in [0.1, 0.15) is 12.4 Å². The van der Waals surface area contributed by atoms with Crippen LogP contribution in [0, 0.1) is 0 Å². The van der Waals surface area contributed by atoms with Crippen LogP contribution in [0.3, 0.4) is 0 Å². The molecule has 0 saturated carbocycles. The molecular formula is C21H26N2O6S. The number of benzene rings is 2. The number of hydrogen-bond acceptors (Lipinski definition) is 7. The molecule has 2 aromatic carbocycles. The van der Waals surface area contributed by atoms with Crippen molar-refractivity contribution in [3.05, 3.63) is 42.0 Å². The molecule has 9 heteroatoms. The largest absolute Gasteiger partial charge is 0.493 e. The lowest BCUT2D eigenvalue weighted by molar-refractivity contribution is 0.0977. The molecule has 162 valence electrons. The first-order valence-electron chi connectivity index (χ1n) is 9.25. The fourth-order valence-corrected chi connectivity index (χ4v) is 2.79. The van der Waals surface area contributed by atoms with Crippen molar-refractivity contribution >= 4 is 28.9 Å². The third kappa shape index (κ3) is 6.23. The van der Waals surface area contributed by atoms with Gasteiger partial charge in [-0.15, -0.1) is 0 Å². The van der Waals surface area contributed by atoms with Gasteiger partial charge in [0.25, 0.3) is 5.91 Å². The summed E-state index contributed by atoms with van der Waals surface area (Å²) in [4.78, 5) is 12.7. The van der Waals surface area contributed by atoms with Crippen LogP contribution in [0.15, 0.2) is 36.4 Å². The van der Waals surface area contributed by atoms with E-state index in [1.165, 1.54) is 21.3 Å². The van der Waals surface area contributed by atoms with Crippen molar-refractivity contribution in [1.29, 1.82) is 0 Å². The molecule has 2 N–H and O–H groups in total. The fraction of sp³-hybridized carbons (Fsp3) is 0.333. The number of hydrogen-bond donors (Lipinski definition) is 2. The second-order valence-corrected chi connectivity index (χ2v) is 6.27. The Hall–Kier alpha value is -3.04. The predicted molar refractivity (Wildman–Crippen MR) is 118 cm³/mol. The lowest BCUT2D eigenvalue weighted by atomic mass is 10.1. The minimum Gasteiger partial charge on any atom is -0.493 e. The Morgan fingerprint density at radius 3 is 2.23 bits per heavy atom. The topological polar surface area (TPSA) is 87.3 Å². The van der Waals surface area contributed by atoms with Gasteiger partial charge < -0.3 is 29.0 Å². The number of ether oxygens (including phenoxy) is 5. The third-order valence-corrected chi connectivity index (χ3v) is 4.18. The average Bonchev–Trinajstić information content (AvgIpc) is 2.76. The van der Waals surface area contributed by atoms with E-state index in [0.717, 1.165) is 0 Å². The Kier molecular flexibility index (Phi) is 9.17. The summed E-state index contributed by atoms with van der Waals surface area (Å²) in [5.74, 6) is 1.31. The van der Waals surface area contributed by atoms with Crippen molar-refractivity contribution in [2.24, 2.45) is 0 Å². The molecule has 0 aromatic heterocycles. The second-order valence-electron chi connectivity index (χ2n) is 5.86. The molecule has 0 saturated heterocycles. The number of para-hydroxylation sites is 2. The number of carbonyl (C=O) groups is 1. The molecule has 1 amide bonds. The van der Waals surface area contributed by atoms with E-state index in [9.17, 15) is 4.79 Å². The van der Waals surface area contributed by atoms with Gasteiger partial charge in [0.2, 0.25) is 5.75 Å². The summed E-state index contributed by atoms with van der Waals surface area (Å²) in [7, 11) is 4.45. The molecule has 0 atom stereocenters. The van der Waals surface area contributed by atoms with E-state index in [0.29, 0.717) is 54.1 Å². The summed E-state index contributed by atoms with van der Waals surface area (Å²) in [5, 5.41) is 5.74. The summed E-state index contributed by atoms with van der Waals surface area (Å²) in [6.07, 6.45) is 0. The maximum atomic E-state index is 12.7. The Bertz CT molecular complexity index is 849. The van der Waals surface area contributed by atoms with E-state index >= 15 is 0 Å². The minimum atomic E-state index is -0.429. The first-order valence-corrected chi connectivity index (χ1v) is 9.66. The highest BCUT2D eigenvalue weighted by Crippen LogP contribution is 2.38. The van der Waals surface area contributed by atoms with Gasteiger partial charge in [0, 0.05) is 12.2 Å². The van der Waals surface area contributed by atoms with Crippen molar-refractivity contribution in [1.82, 2.24) is 5.32 Å². The first-order chi connectivity index (χ1) is 14.5. The summed E-state index contributed by atoms with van der Waals surface area (Å²) < 4.78 is 26.8. The predicted octanol–water partition coefficient (Wildman–Crippen LogP) is 3.25. The van der Waals surface area contributed by atoms with E-state index < -0.39 is 5.91 Å². The lowest BCUT2D eigenvalue weighted by Gasteiger charge is -2.16. The maximum Gasteiger partial charge on any atom is 0.257 e. The van der Waals surface area contributed by atoms with Crippen LogP contribution in [-0.4, -0.2) is 52.2 Å². The van der Waals surface area contributed by atoms with Crippen LogP contribution in [0.1, 0.15) is 17.3 Å². The van der Waals surface area contributed by atoms with Crippen LogP contribution < -0.4 is 29.6 Å². The normalized spacial score (nSPS) is 10.1. The summed E-state index contributed by atoms with van der Waals surface area (Å²) in [6.45, 7) is 3.43. The van der Waals surface area contributed by atoms with Crippen molar-refractivity contribution in [3.8, 4) is 23.0 Å². The summed E-state index contributed by atoms with van der Waals surface area (Å²) in [5.41, 5.74) is 0.930. The molecule has 2 rings (SSSR count). The number of carbonyl (C=O) groups excluding carboxylic acids is 1. The smallest absolute Gasteiger partial charge is 0.257 e. The quantitative estimate of drug-likeness (QED) is 0.435. The van der Waals surface area contributed by atoms with Gasteiger partial charge in [0.05, 0.1) is 33.6 Å². The molecule has 0 unspecified atom stereocenters. The van der Waals surface area contributed by atoms with Crippen molar-refractivity contribution in [3.63, 3.8) is 0 Å².